The topological polar surface area (TPSA) is 57.5 Å². The molecular weight excluding hydrogens is 237 g/mol. The molecule has 0 heterocycles. The molecule has 6 heteroatoms. The van der Waals surface area contributed by atoms with Crippen LogP contribution in [0.3, 0.4) is 0 Å². The maximum Gasteiger partial charge on any atom is 0.416 e. The van der Waals surface area contributed by atoms with Crippen molar-refractivity contribution in [2.75, 3.05) is 0 Å². The van der Waals surface area contributed by atoms with E-state index in [0.29, 0.717) is 18.9 Å². The van der Waals surface area contributed by atoms with E-state index in [-0.39, 0.29) is 5.56 Å². The van der Waals surface area contributed by atoms with Gasteiger partial charge in [0.25, 0.3) is 0 Å². The van der Waals surface area contributed by atoms with Crippen LogP contribution in [0.25, 0.3) is 0 Å². The van der Waals surface area contributed by atoms with Crippen LogP contribution >= 0.6 is 0 Å². The van der Waals surface area contributed by atoms with Crippen molar-refractivity contribution in [3.63, 3.8) is 0 Å². The number of carbonyl (C=O) groups is 1. The van der Waals surface area contributed by atoms with Crippen LogP contribution in [0.1, 0.15) is 24.0 Å². The Kier molecular flexibility index (Phi) is 2.34. The summed E-state index contributed by atoms with van der Waals surface area (Å²) < 4.78 is 37.5. The predicted octanol–water partition coefficient (Wildman–Crippen LogP) is 2.53. The van der Waals surface area contributed by atoms with Gasteiger partial charge in [-0.05, 0) is 36.6 Å². The van der Waals surface area contributed by atoms with Crippen LogP contribution in [0.2, 0.25) is 0 Å². The zero-order valence-electron chi connectivity index (χ0n) is 8.58. The lowest BCUT2D eigenvalue weighted by molar-refractivity contribution is -0.141. The third-order valence-corrected chi connectivity index (χ3v) is 2.96. The number of alkyl halides is 3. The minimum Gasteiger partial charge on any atom is -0.508 e. The predicted molar refractivity (Wildman–Crippen MR) is 51.7 cm³/mol. The molecule has 3 nitrogen and oxygen atoms in total. The van der Waals surface area contributed by atoms with Gasteiger partial charge >= 0.3 is 12.1 Å². The molecule has 0 amide bonds. The van der Waals surface area contributed by atoms with Gasteiger partial charge in [-0.25, -0.2) is 0 Å². The van der Waals surface area contributed by atoms with Crippen LogP contribution in [-0.2, 0) is 16.4 Å². The van der Waals surface area contributed by atoms with Gasteiger partial charge in [0.05, 0.1) is 11.0 Å². The van der Waals surface area contributed by atoms with Crippen LogP contribution in [0.5, 0.6) is 5.75 Å². The number of carboxylic acids is 1. The molecular formula is C11H9F3O3. The highest BCUT2D eigenvalue weighted by molar-refractivity contribution is 5.85. The maximum atomic E-state index is 12.5. The van der Waals surface area contributed by atoms with Crippen LogP contribution in [0.15, 0.2) is 18.2 Å². The molecule has 1 aromatic carbocycles. The summed E-state index contributed by atoms with van der Waals surface area (Å²) in [5.41, 5.74) is -2.27. The fraction of sp³-hybridized carbons (Fsp3) is 0.364. The Hall–Kier alpha value is -1.72. The summed E-state index contributed by atoms with van der Waals surface area (Å²) in [6.07, 6.45) is -4.01. The standard InChI is InChI=1S/C11H9F3O3/c12-11(13,14)7-3-6(4-8(15)5-7)10(1-2-10)9(16)17/h3-5,15H,1-2H2,(H,16,17). The molecule has 0 spiro atoms. The smallest absolute Gasteiger partial charge is 0.416 e. The molecule has 92 valence electrons. The number of phenolic OH excluding ortho intramolecular Hbond substituents is 1. The summed E-state index contributed by atoms with van der Waals surface area (Å²) in [5.74, 6) is -1.72. The Labute approximate surface area is 94.5 Å². The number of hydrogen-bond acceptors (Lipinski definition) is 2. The first-order valence-corrected chi connectivity index (χ1v) is 4.91. The first kappa shape index (κ1) is 11.8. The fourth-order valence-electron chi connectivity index (χ4n) is 1.80. The summed E-state index contributed by atoms with van der Waals surface area (Å²) in [6.45, 7) is 0. The molecule has 0 aliphatic heterocycles. The van der Waals surface area contributed by atoms with Crippen molar-refractivity contribution in [3.05, 3.63) is 29.3 Å². The molecule has 0 unspecified atom stereocenters. The molecule has 17 heavy (non-hydrogen) atoms. The van der Waals surface area contributed by atoms with Crippen molar-refractivity contribution in [1.82, 2.24) is 0 Å². The van der Waals surface area contributed by atoms with Gasteiger partial charge in [0.15, 0.2) is 0 Å². The van der Waals surface area contributed by atoms with Crippen molar-refractivity contribution < 1.29 is 28.2 Å². The lowest BCUT2D eigenvalue weighted by Gasteiger charge is -2.14. The van der Waals surface area contributed by atoms with E-state index in [0.717, 1.165) is 12.1 Å². The number of aliphatic carboxylic acids is 1. The summed E-state index contributed by atoms with van der Waals surface area (Å²) in [5, 5.41) is 18.2. The maximum absolute atomic E-state index is 12.5. The molecule has 1 aliphatic carbocycles. The SMILES string of the molecule is O=C(O)C1(c2cc(O)cc(C(F)(F)F)c2)CC1. The van der Waals surface area contributed by atoms with Crippen molar-refractivity contribution >= 4 is 5.97 Å². The fourth-order valence-corrected chi connectivity index (χ4v) is 1.80. The highest BCUT2D eigenvalue weighted by Gasteiger charge is 2.52. The van der Waals surface area contributed by atoms with E-state index in [1.807, 2.05) is 0 Å². The van der Waals surface area contributed by atoms with Crippen molar-refractivity contribution in [2.24, 2.45) is 0 Å². The molecule has 1 aromatic rings. The lowest BCUT2D eigenvalue weighted by atomic mass is 9.94. The summed E-state index contributed by atoms with van der Waals surface area (Å²) >= 11 is 0. The third kappa shape index (κ3) is 1.94. The van der Waals surface area contributed by atoms with Gasteiger partial charge in [0, 0.05) is 0 Å². The van der Waals surface area contributed by atoms with Gasteiger partial charge in [-0.3, -0.25) is 4.79 Å². The number of halogens is 3. The quantitative estimate of drug-likeness (QED) is 0.843. The molecule has 0 aromatic heterocycles. The van der Waals surface area contributed by atoms with Gasteiger partial charge in [-0.2, -0.15) is 13.2 Å². The van der Waals surface area contributed by atoms with E-state index in [2.05, 4.69) is 0 Å². The third-order valence-electron chi connectivity index (χ3n) is 2.96. The minimum absolute atomic E-state index is 0.0114. The van der Waals surface area contributed by atoms with E-state index in [4.69, 9.17) is 5.11 Å². The normalized spacial score (nSPS) is 17.8. The second-order valence-corrected chi connectivity index (χ2v) is 4.15. The lowest BCUT2D eigenvalue weighted by Crippen LogP contribution is -2.20. The minimum atomic E-state index is -4.60. The van der Waals surface area contributed by atoms with Crippen LogP contribution in [0.4, 0.5) is 13.2 Å². The Bertz CT molecular complexity index is 475. The molecule has 1 fully saturated rings. The Morgan fingerprint density at radius 2 is 1.82 bits per heavy atom. The molecule has 2 N–H and O–H groups in total. The summed E-state index contributed by atoms with van der Waals surface area (Å²) in [7, 11) is 0. The number of phenols is 1. The van der Waals surface area contributed by atoms with Crippen LogP contribution in [0, 0.1) is 0 Å². The average Bonchev–Trinajstić information content (AvgIpc) is 2.95. The zero-order chi connectivity index (χ0) is 12.8. The highest BCUT2D eigenvalue weighted by Crippen LogP contribution is 2.50. The molecule has 0 radical (unpaired) electrons. The van der Waals surface area contributed by atoms with Gasteiger partial charge in [0.1, 0.15) is 5.75 Å². The van der Waals surface area contributed by atoms with E-state index in [9.17, 15) is 23.1 Å². The van der Waals surface area contributed by atoms with Gasteiger partial charge in [-0.15, -0.1) is 0 Å². The number of rotatable bonds is 2. The molecule has 0 saturated heterocycles. The molecule has 1 saturated carbocycles. The van der Waals surface area contributed by atoms with Crippen molar-refractivity contribution in [2.45, 2.75) is 24.4 Å². The summed E-state index contributed by atoms with van der Waals surface area (Å²) in [6, 6.07) is 2.46. The summed E-state index contributed by atoms with van der Waals surface area (Å²) in [4.78, 5) is 11.0. The number of benzene rings is 1. The monoisotopic (exact) mass is 246 g/mol. The first-order valence-electron chi connectivity index (χ1n) is 4.91. The molecule has 0 atom stereocenters. The Balaban J connectivity index is 2.50. The van der Waals surface area contributed by atoms with Gasteiger partial charge in [-0.1, -0.05) is 0 Å². The van der Waals surface area contributed by atoms with Gasteiger partial charge in [0.2, 0.25) is 0 Å². The molecule has 2 rings (SSSR count). The van der Waals surface area contributed by atoms with Crippen molar-refractivity contribution in [1.29, 1.82) is 0 Å². The molecule has 1 aliphatic rings. The second-order valence-electron chi connectivity index (χ2n) is 4.15. The largest absolute Gasteiger partial charge is 0.508 e. The number of carboxylic acid groups (broad SMARTS) is 1. The van der Waals surface area contributed by atoms with E-state index < -0.39 is 28.9 Å². The van der Waals surface area contributed by atoms with Crippen LogP contribution in [-0.4, -0.2) is 16.2 Å². The zero-order valence-corrected chi connectivity index (χ0v) is 8.58. The Morgan fingerprint density at radius 3 is 2.24 bits per heavy atom. The van der Waals surface area contributed by atoms with E-state index >= 15 is 0 Å². The average molecular weight is 246 g/mol. The second kappa shape index (κ2) is 3.38. The van der Waals surface area contributed by atoms with Crippen LogP contribution < -0.4 is 0 Å². The van der Waals surface area contributed by atoms with E-state index in [1.165, 1.54) is 0 Å². The highest BCUT2D eigenvalue weighted by atomic mass is 19.4. The first-order chi connectivity index (χ1) is 7.75. The number of aromatic hydroxyl groups is 1. The van der Waals surface area contributed by atoms with E-state index in [1.54, 1.807) is 0 Å². The van der Waals surface area contributed by atoms with Gasteiger partial charge < -0.3 is 10.2 Å². The van der Waals surface area contributed by atoms with Crippen molar-refractivity contribution in [3.8, 4) is 5.75 Å². The Morgan fingerprint density at radius 1 is 1.24 bits per heavy atom. The molecule has 0 bridgehead atoms. The number of hydrogen-bond donors (Lipinski definition) is 2.